The molecular weight excluding hydrogens is 416 g/mol. The van der Waals surface area contributed by atoms with Crippen LogP contribution in [0.2, 0.25) is 0 Å². The maximum absolute atomic E-state index is 12.7. The fourth-order valence-corrected chi connectivity index (χ4v) is 3.98. The minimum Gasteiger partial charge on any atom is -0.612 e. The molecule has 0 aliphatic carbocycles. The molecule has 31 heavy (non-hydrogen) atoms. The Balaban J connectivity index is 1.78. The van der Waals surface area contributed by atoms with E-state index in [1.807, 2.05) is 30.3 Å². The normalized spacial score (nSPS) is 12.1. The van der Waals surface area contributed by atoms with Crippen molar-refractivity contribution in [2.75, 3.05) is 24.0 Å². The summed E-state index contributed by atoms with van der Waals surface area (Å²) < 4.78 is 18.7. The van der Waals surface area contributed by atoms with Gasteiger partial charge in [0.05, 0.1) is 18.0 Å². The number of para-hydroxylation sites is 1. The number of benzene rings is 1. The second-order valence-corrected chi connectivity index (χ2v) is 8.29. The minimum atomic E-state index is -1.20. The molecule has 1 unspecified atom stereocenters. The number of H-pyrrole nitrogens is 1. The standard InChI is InChI=1S/C21H22N6O3S/c1-27-21(28)19-15(23-14-6-4-5-7-16(14)31(3)29)11-18(25-20(19)26-27)24-17-10-13(12-30-2)8-9-22-17/h4-11H,12H2,1-3H3,(H3,22,23,24,25,26). The lowest BCUT2D eigenvalue weighted by Crippen LogP contribution is -2.12. The highest BCUT2D eigenvalue weighted by molar-refractivity contribution is 7.90. The fraction of sp³-hybridized carbons (Fsp3) is 0.190. The molecule has 10 heteroatoms. The van der Waals surface area contributed by atoms with Gasteiger partial charge < -0.3 is 19.9 Å². The lowest BCUT2D eigenvalue weighted by atomic mass is 10.2. The van der Waals surface area contributed by atoms with E-state index in [0.29, 0.717) is 45.5 Å². The van der Waals surface area contributed by atoms with Gasteiger partial charge in [-0.15, -0.1) is 0 Å². The van der Waals surface area contributed by atoms with Crippen molar-refractivity contribution in [3.05, 3.63) is 64.6 Å². The molecule has 0 aliphatic heterocycles. The van der Waals surface area contributed by atoms with Gasteiger partial charge in [0.25, 0.3) is 5.56 Å². The number of fused-ring (bicyclic) bond motifs is 1. The summed E-state index contributed by atoms with van der Waals surface area (Å²) in [5.41, 5.74) is 2.37. The average molecular weight is 439 g/mol. The summed E-state index contributed by atoms with van der Waals surface area (Å²) >= 11 is -1.20. The van der Waals surface area contributed by atoms with E-state index in [9.17, 15) is 9.35 Å². The maximum atomic E-state index is 12.7. The third kappa shape index (κ3) is 4.41. The lowest BCUT2D eigenvalue weighted by molar-refractivity contribution is 0.185. The number of nitrogens with zero attached hydrogens (tertiary/aromatic N) is 3. The van der Waals surface area contributed by atoms with E-state index in [2.05, 4.69) is 25.7 Å². The quantitative estimate of drug-likeness (QED) is 0.379. The van der Waals surface area contributed by atoms with Crippen LogP contribution < -0.4 is 16.2 Å². The van der Waals surface area contributed by atoms with Crippen molar-refractivity contribution >= 4 is 45.2 Å². The number of aryl methyl sites for hydroxylation is 1. The topological polar surface area (TPSA) is 120 Å². The first-order valence-corrected chi connectivity index (χ1v) is 11.0. The molecule has 4 rings (SSSR count). The summed E-state index contributed by atoms with van der Waals surface area (Å²) in [7, 11) is 3.26. The number of aromatic amines is 1. The monoisotopic (exact) mass is 438 g/mol. The van der Waals surface area contributed by atoms with Crippen LogP contribution in [0, 0.1) is 0 Å². The Labute approximate surface area is 181 Å². The Kier molecular flexibility index (Phi) is 5.94. The number of aromatic nitrogens is 4. The molecule has 4 aromatic rings. The number of rotatable bonds is 7. The van der Waals surface area contributed by atoms with Gasteiger partial charge >= 0.3 is 0 Å². The molecule has 0 spiro atoms. The summed E-state index contributed by atoms with van der Waals surface area (Å²) in [5.74, 6) is 1.09. The molecule has 3 N–H and O–H groups in total. The Morgan fingerprint density at radius 2 is 1.97 bits per heavy atom. The Morgan fingerprint density at radius 1 is 1.16 bits per heavy atom. The highest BCUT2D eigenvalue weighted by atomic mass is 32.2. The third-order valence-electron chi connectivity index (χ3n) is 4.67. The molecule has 0 radical (unpaired) electrons. The van der Waals surface area contributed by atoms with Crippen LogP contribution in [-0.4, -0.2) is 37.7 Å². The molecule has 3 heterocycles. The Morgan fingerprint density at radius 3 is 2.74 bits per heavy atom. The van der Waals surface area contributed by atoms with Gasteiger partial charge in [0.1, 0.15) is 23.3 Å². The van der Waals surface area contributed by atoms with Crippen LogP contribution in [0.25, 0.3) is 11.0 Å². The number of pyridine rings is 2. The molecule has 1 atom stereocenters. The van der Waals surface area contributed by atoms with Crippen molar-refractivity contribution in [2.45, 2.75) is 11.5 Å². The van der Waals surface area contributed by atoms with Gasteiger partial charge in [-0.25, -0.2) is 9.97 Å². The number of hydrogen-bond donors (Lipinski definition) is 3. The number of hydrogen-bond acceptors (Lipinski definition) is 7. The van der Waals surface area contributed by atoms with E-state index in [1.165, 1.54) is 4.68 Å². The number of anilines is 4. The molecule has 3 aromatic heterocycles. The smallest absolute Gasteiger partial charge is 0.277 e. The highest BCUT2D eigenvalue weighted by Crippen LogP contribution is 2.30. The zero-order valence-corrected chi connectivity index (χ0v) is 18.1. The van der Waals surface area contributed by atoms with Crippen molar-refractivity contribution in [3.63, 3.8) is 0 Å². The molecular formula is C21H22N6O3S. The predicted octanol–water partition coefficient (Wildman–Crippen LogP) is 3.03. The van der Waals surface area contributed by atoms with Crippen molar-refractivity contribution in [3.8, 4) is 0 Å². The van der Waals surface area contributed by atoms with Crippen LogP contribution in [0.1, 0.15) is 5.56 Å². The van der Waals surface area contributed by atoms with Crippen molar-refractivity contribution < 1.29 is 9.29 Å². The van der Waals surface area contributed by atoms with E-state index >= 15 is 0 Å². The first-order chi connectivity index (χ1) is 15.0. The van der Waals surface area contributed by atoms with Gasteiger partial charge in [-0.2, -0.15) is 0 Å². The Hall–Kier alpha value is -3.34. The Bertz CT molecular complexity index is 1280. The van der Waals surface area contributed by atoms with Crippen LogP contribution in [0.4, 0.5) is 23.0 Å². The summed E-state index contributed by atoms with van der Waals surface area (Å²) in [6.45, 7) is 0.466. The number of ether oxygens (including phenoxy) is 1. The van der Waals surface area contributed by atoms with E-state index in [4.69, 9.17) is 4.74 Å². The molecule has 0 fully saturated rings. The first-order valence-electron chi connectivity index (χ1n) is 9.46. The maximum Gasteiger partial charge on any atom is 0.277 e. The van der Waals surface area contributed by atoms with Crippen molar-refractivity contribution in [1.29, 1.82) is 0 Å². The molecule has 1 aromatic carbocycles. The molecule has 9 nitrogen and oxygen atoms in total. The number of nitrogens with one attached hydrogen (secondary N) is 3. The van der Waals surface area contributed by atoms with E-state index in [0.717, 1.165) is 5.56 Å². The predicted molar refractivity (Wildman–Crippen MR) is 122 cm³/mol. The van der Waals surface area contributed by atoms with Crippen molar-refractivity contribution in [1.82, 2.24) is 19.7 Å². The minimum absolute atomic E-state index is 0.216. The van der Waals surface area contributed by atoms with Gasteiger partial charge in [0, 0.05) is 26.4 Å². The molecule has 0 saturated heterocycles. The summed E-state index contributed by atoms with van der Waals surface area (Å²) in [4.78, 5) is 22.2. The summed E-state index contributed by atoms with van der Waals surface area (Å²) in [6.07, 6.45) is 3.30. The van der Waals surface area contributed by atoms with Crippen LogP contribution >= 0.6 is 0 Å². The summed E-state index contributed by atoms with van der Waals surface area (Å²) in [6, 6.07) is 12.7. The molecule has 0 saturated carbocycles. The van der Waals surface area contributed by atoms with Crippen LogP contribution in [0.15, 0.2) is 58.4 Å². The molecule has 0 aliphatic rings. The zero-order valence-electron chi connectivity index (χ0n) is 17.3. The SMILES string of the molecule is COCc1ccnc(Nc2cc(Nc3ccccc3[S+](C)[O-])c3c(=O)n(C)[nH]c3n2)c1. The van der Waals surface area contributed by atoms with Gasteiger partial charge in [0.15, 0.2) is 10.5 Å². The average Bonchev–Trinajstić information content (AvgIpc) is 3.02. The second kappa shape index (κ2) is 8.80. The van der Waals surface area contributed by atoms with Gasteiger partial charge in [-0.05, 0) is 41.0 Å². The van der Waals surface area contributed by atoms with Crippen molar-refractivity contribution in [2.24, 2.45) is 7.05 Å². The second-order valence-electron chi connectivity index (χ2n) is 6.94. The van der Waals surface area contributed by atoms with Gasteiger partial charge in [0.2, 0.25) is 0 Å². The molecule has 0 amide bonds. The largest absolute Gasteiger partial charge is 0.612 e. The van der Waals surface area contributed by atoms with E-state index < -0.39 is 11.2 Å². The number of methoxy groups -OCH3 is 1. The van der Waals surface area contributed by atoms with Gasteiger partial charge in [-0.1, -0.05) is 12.1 Å². The third-order valence-corrected chi connectivity index (χ3v) is 5.64. The van der Waals surface area contributed by atoms with Crippen LogP contribution in [0.5, 0.6) is 0 Å². The van der Waals surface area contributed by atoms with Crippen LogP contribution in [0.3, 0.4) is 0 Å². The van der Waals surface area contributed by atoms with Gasteiger partial charge in [-0.3, -0.25) is 14.6 Å². The zero-order chi connectivity index (χ0) is 22.0. The highest BCUT2D eigenvalue weighted by Gasteiger charge is 2.17. The molecule has 0 bridgehead atoms. The summed E-state index contributed by atoms with van der Waals surface area (Å²) in [5, 5.41) is 9.81. The molecule has 160 valence electrons. The lowest BCUT2D eigenvalue weighted by Gasteiger charge is -2.14. The van der Waals surface area contributed by atoms with Crippen LogP contribution in [-0.2, 0) is 29.6 Å². The van der Waals surface area contributed by atoms with E-state index in [1.54, 1.807) is 38.7 Å². The van der Waals surface area contributed by atoms with E-state index in [-0.39, 0.29) is 5.56 Å². The first kappa shape index (κ1) is 20.9. The fourth-order valence-electron chi connectivity index (χ4n) is 3.28.